The summed E-state index contributed by atoms with van der Waals surface area (Å²) in [7, 11) is 3.20. The van der Waals surface area contributed by atoms with Gasteiger partial charge >= 0.3 is 0 Å². The Morgan fingerprint density at radius 1 is 1.11 bits per heavy atom. The van der Waals surface area contributed by atoms with Gasteiger partial charge in [-0.3, -0.25) is 0 Å². The molecule has 0 aliphatic rings. The van der Waals surface area contributed by atoms with E-state index >= 15 is 0 Å². The molecule has 0 aliphatic heterocycles. The zero-order valence-corrected chi connectivity index (χ0v) is 11.4. The van der Waals surface area contributed by atoms with E-state index < -0.39 is 0 Å². The van der Waals surface area contributed by atoms with E-state index in [1.165, 1.54) is 6.07 Å². The molecular weight excluding hydrogens is 246 g/mol. The molecular formula is C14H17NO4. The molecule has 102 valence electrons. The summed E-state index contributed by atoms with van der Waals surface area (Å²) in [5.74, 6) is 1.96. The Morgan fingerprint density at radius 2 is 1.79 bits per heavy atom. The third-order valence-electron chi connectivity index (χ3n) is 2.94. The molecule has 1 aromatic heterocycles. The average Bonchev–Trinajstić information content (AvgIpc) is 2.83. The fourth-order valence-corrected chi connectivity index (χ4v) is 1.96. The van der Waals surface area contributed by atoms with Crippen LogP contribution in [0.1, 0.15) is 25.3 Å². The summed E-state index contributed by atoms with van der Waals surface area (Å²) < 4.78 is 15.8. The van der Waals surface area contributed by atoms with Gasteiger partial charge in [-0.1, -0.05) is 13.8 Å². The average molecular weight is 263 g/mol. The molecule has 5 nitrogen and oxygen atoms in total. The van der Waals surface area contributed by atoms with E-state index in [-0.39, 0.29) is 11.8 Å². The Morgan fingerprint density at radius 3 is 2.26 bits per heavy atom. The molecule has 0 saturated heterocycles. The maximum absolute atomic E-state index is 9.29. The Kier molecular flexibility index (Phi) is 3.64. The number of hydrogen-bond acceptors (Lipinski definition) is 5. The number of aromatic hydroxyl groups is 1. The van der Waals surface area contributed by atoms with Crippen molar-refractivity contribution in [3.8, 4) is 28.7 Å². The summed E-state index contributed by atoms with van der Waals surface area (Å²) in [5, 5.41) is 12.8. The molecule has 0 fully saturated rings. The lowest BCUT2D eigenvalue weighted by Gasteiger charge is -2.15. The van der Waals surface area contributed by atoms with Gasteiger partial charge in [0, 0.05) is 12.1 Å². The van der Waals surface area contributed by atoms with Gasteiger partial charge in [-0.25, -0.2) is 0 Å². The summed E-state index contributed by atoms with van der Waals surface area (Å²) in [6.07, 6.45) is 0. The highest BCUT2D eigenvalue weighted by Gasteiger charge is 2.17. The van der Waals surface area contributed by atoms with Crippen LogP contribution in [0.3, 0.4) is 0 Å². The van der Waals surface area contributed by atoms with Crippen LogP contribution in [0.15, 0.2) is 22.7 Å². The number of ether oxygens (including phenoxy) is 2. The second kappa shape index (κ2) is 5.22. The molecule has 0 radical (unpaired) electrons. The molecule has 0 spiro atoms. The van der Waals surface area contributed by atoms with Crippen LogP contribution in [0.4, 0.5) is 0 Å². The third kappa shape index (κ3) is 2.50. The molecule has 0 atom stereocenters. The predicted molar refractivity (Wildman–Crippen MR) is 70.8 cm³/mol. The molecule has 19 heavy (non-hydrogen) atoms. The highest BCUT2D eigenvalue weighted by molar-refractivity contribution is 5.69. The number of aromatic nitrogens is 1. The molecule has 0 amide bonds. The molecule has 2 rings (SSSR count). The van der Waals surface area contributed by atoms with E-state index in [2.05, 4.69) is 19.0 Å². The van der Waals surface area contributed by atoms with E-state index in [0.717, 1.165) is 16.9 Å². The molecule has 0 aliphatic carbocycles. The summed E-state index contributed by atoms with van der Waals surface area (Å²) in [6, 6.07) is 5.20. The molecule has 1 aromatic carbocycles. The monoisotopic (exact) mass is 263 g/mol. The summed E-state index contributed by atoms with van der Waals surface area (Å²) in [4.78, 5) is 0. The van der Waals surface area contributed by atoms with Gasteiger partial charge in [-0.2, -0.15) is 0 Å². The largest absolute Gasteiger partial charge is 0.496 e. The van der Waals surface area contributed by atoms with Crippen LogP contribution in [0.5, 0.6) is 17.4 Å². The quantitative estimate of drug-likeness (QED) is 0.917. The molecule has 2 aromatic rings. The zero-order valence-electron chi connectivity index (χ0n) is 11.4. The first-order valence-corrected chi connectivity index (χ1v) is 5.98. The Hall–Kier alpha value is -2.17. The molecule has 1 N–H and O–H groups in total. The lowest BCUT2D eigenvalue weighted by atomic mass is 9.98. The van der Waals surface area contributed by atoms with Gasteiger partial charge in [0.15, 0.2) is 5.76 Å². The molecule has 0 unspecified atom stereocenters. The zero-order chi connectivity index (χ0) is 14.0. The fraction of sp³-hybridized carbons (Fsp3) is 0.357. The maximum Gasteiger partial charge on any atom is 0.252 e. The van der Waals surface area contributed by atoms with Crippen LogP contribution in [-0.4, -0.2) is 24.5 Å². The van der Waals surface area contributed by atoms with Crippen molar-refractivity contribution in [1.29, 1.82) is 0 Å². The van der Waals surface area contributed by atoms with E-state index in [1.807, 2.05) is 12.1 Å². The normalized spacial score (nSPS) is 10.8. The molecule has 5 heteroatoms. The summed E-state index contributed by atoms with van der Waals surface area (Å²) >= 11 is 0. The summed E-state index contributed by atoms with van der Waals surface area (Å²) in [5.41, 5.74) is 1.77. The van der Waals surface area contributed by atoms with Crippen molar-refractivity contribution in [3.63, 3.8) is 0 Å². The minimum absolute atomic E-state index is 0.154. The standard InChI is InChI=1S/C14H17NO4/c1-8(2)9-5-10(13-7-14(16)15-19-13)12(18-4)6-11(9)17-3/h5-8H,1-4H3,(H,15,16). The van der Waals surface area contributed by atoms with E-state index in [9.17, 15) is 5.11 Å². The lowest BCUT2D eigenvalue weighted by molar-refractivity contribution is 0.362. The van der Waals surface area contributed by atoms with Crippen LogP contribution in [-0.2, 0) is 0 Å². The highest BCUT2D eigenvalue weighted by atomic mass is 16.5. The highest BCUT2D eigenvalue weighted by Crippen LogP contribution is 2.39. The number of nitrogens with zero attached hydrogens (tertiary/aromatic N) is 1. The smallest absolute Gasteiger partial charge is 0.252 e. The van der Waals surface area contributed by atoms with Gasteiger partial charge in [-0.15, -0.1) is 0 Å². The number of hydrogen-bond donors (Lipinski definition) is 1. The van der Waals surface area contributed by atoms with Gasteiger partial charge in [-0.05, 0) is 22.7 Å². The number of rotatable bonds is 4. The van der Waals surface area contributed by atoms with Crippen molar-refractivity contribution in [2.24, 2.45) is 0 Å². The van der Waals surface area contributed by atoms with Crippen molar-refractivity contribution in [3.05, 3.63) is 23.8 Å². The summed E-state index contributed by atoms with van der Waals surface area (Å²) in [6.45, 7) is 4.15. The molecule has 0 bridgehead atoms. The number of methoxy groups -OCH3 is 2. The van der Waals surface area contributed by atoms with Crippen molar-refractivity contribution in [2.45, 2.75) is 19.8 Å². The van der Waals surface area contributed by atoms with E-state index in [4.69, 9.17) is 14.0 Å². The maximum atomic E-state index is 9.29. The van der Waals surface area contributed by atoms with Crippen LogP contribution in [0.25, 0.3) is 11.3 Å². The van der Waals surface area contributed by atoms with Crippen LogP contribution in [0, 0.1) is 0 Å². The second-order valence-electron chi connectivity index (χ2n) is 4.50. The minimum atomic E-state index is -0.154. The lowest BCUT2D eigenvalue weighted by Crippen LogP contribution is -1.97. The van der Waals surface area contributed by atoms with E-state index in [0.29, 0.717) is 11.5 Å². The fourth-order valence-electron chi connectivity index (χ4n) is 1.96. The second-order valence-corrected chi connectivity index (χ2v) is 4.50. The van der Waals surface area contributed by atoms with Gasteiger partial charge < -0.3 is 19.1 Å². The van der Waals surface area contributed by atoms with Crippen LogP contribution < -0.4 is 9.47 Å². The molecule has 0 saturated carbocycles. The SMILES string of the molecule is COc1cc(OC)c(C(C)C)cc1-c1cc(O)no1. The Bertz CT molecular complexity index is 575. The van der Waals surface area contributed by atoms with Crippen LogP contribution in [0.2, 0.25) is 0 Å². The first-order valence-electron chi connectivity index (χ1n) is 5.98. The van der Waals surface area contributed by atoms with Crippen molar-refractivity contribution in [1.82, 2.24) is 5.16 Å². The van der Waals surface area contributed by atoms with Crippen molar-refractivity contribution >= 4 is 0 Å². The van der Waals surface area contributed by atoms with Crippen molar-refractivity contribution in [2.75, 3.05) is 14.2 Å². The van der Waals surface area contributed by atoms with Gasteiger partial charge in [0.2, 0.25) is 0 Å². The van der Waals surface area contributed by atoms with Crippen LogP contribution >= 0.6 is 0 Å². The van der Waals surface area contributed by atoms with Gasteiger partial charge in [0.05, 0.1) is 19.8 Å². The number of benzene rings is 1. The van der Waals surface area contributed by atoms with E-state index in [1.54, 1.807) is 14.2 Å². The van der Waals surface area contributed by atoms with Crippen molar-refractivity contribution < 1.29 is 19.1 Å². The van der Waals surface area contributed by atoms with Gasteiger partial charge in [0.25, 0.3) is 5.88 Å². The third-order valence-corrected chi connectivity index (χ3v) is 2.94. The van der Waals surface area contributed by atoms with Gasteiger partial charge in [0.1, 0.15) is 11.5 Å². The minimum Gasteiger partial charge on any atom is -0.496 e. The first-order chi connectivity index (χ1) is 9.06. The Labute approximate surface area is 111 Å². The predicted octanol–water partition coefficient (Wildman–Crippen LogP) is 3.19. The Balaban J connectivity index is 2.62. The topological polar surface area (TPSA) is 64.7 Å². The molecule has 1 heterocycles. The first kappa shape index (κ1) is 13.3.